The first-order valence-corrected chi connectivity index (χ1v) is 21.9. The summed E-state index contributed by atoms with van der Waals surface area (Å²) < 4.78 is 32.4. The molecule has 0 spiro atoms. The normalized spacial score (nSPS) is 23.1. The molecule has 1 saturated carbocycles. The van der Waals surface area contributed by atoms with Gasteiger partial charge in [-0.05, 0) is 115 Å². The van der Waals surface area contributed by atoms with Crippen LogP contribution in [0.2, 0.25) is 0 Å². The Morgan fingerprint density at radius 2 is 1.72 bits per heavy atom. The number of fused-ring (bicyclic) bond motifs is 3. The van der Waals surface area contributed by atoms with E-state index in [0.29, 0.717) is 64.0 Å². The summed E-state index contributed by atoms with van der Waals surface area (Å²) in [5.41, 5.74) is 4.48. The van der Waals surface area contributed by atoms with Gasteiger partial charge in [-0.3, -0.25) is 9.59 Å². The van der Waals surface area contributed by atoms with Crippen LogP contribution in [0.3, 0.4) is 0 Å². The maximum atomic E-state index is 15.3. The highest BCUT2D eigenvalue weighted by atomic mass is 16.7. The largest absolute Gasteiger partial charge is 0.459 e. The minimum atomic E-state index is -1.52. The van der Waals surface area contributed by atoms with Crippen LogP contribution in [-0.4, -0.2) is 78.6 Å². The third kappa shape index (κ3) is 8.86. The van der Waals surface area contributed by atoms with Crippen LogP contribution in [0.1, 0.15) is 88.3 Å². The summed E-state index contributed by atoms with van der Waals surface area (Å²) >= 11 is 0. The number of amides is 1. The lowest BCUT2D eigenvalue weighted by Crippen LogP contribution is -2.70. The fourth-order valence-corrected chi connectivity index (χ4v) is 10.0. The summed E-state index contributed by atoms with van der Waals surface area (Å²) in [6.45, 7) is 4.47. The van der Waals surface area contributed by atoms with Crippen LogP contribution >= 0.6 is 0 Å². The fraction of sp³-hybridized carbons (Fsp3) is 0.373. The molecule has 1 amide bonds. The number of hydrogen-bond donors (Lipinski definition) is 2. The Balaban J connectivity index is 1.34. The van der Waals surface area contributed by atoms with Crippen molar-refractivity contribution in [2.75, 3.05) is 33.7 Å². The predicted octanol–water partition coefficient (Wildman–Crippen LogP) is 8.50. The number of hydrogen-bond acceptors (Lipinski definition) is 12. The number of aliphatic hydroxyl groups excluding tert-OH is 2. The lowest BCUT2D eigenvalue weighted by molar-refractivity contribution is -0.255. The van der Waals surface area contributed by atoms with E-state index in [0.717, 1.165) is 48.7 Å². The van der Waals surface area contributed by atoms with Gasteiger partial charge in [0.05, 0.1) is 29.9 Å². The molecule has 0 saturated heterocycles. The maximum Gasteiger partial charge on any atom is 0.254 e. The molecule has 1 fully saturated rings. The molecule has 0 bridgehead atoms. The lowest BCUT2D eigenvalue weighted by Gasteiger charge is -2.60. The molecule has 4 aliphatic rings. The van der Waals surface area contributed by atoms with Crippen molar-refractivity contribution in [3.8, 4) is 34.8 Å². The Labute approximate surface area is 373 Å². The molecule has 332 valence electrons. The highest BCUT2D eigenvalue weighted by Gasteiger charge is 2.65. The van der Waals surface area contributed by atoms with E-state index in [4.69, 9.17) is 33.7 Å². The van der Waals surface area contributed by atoms with Gasteiger partial charge in [0.25, 0.3) is 5.91 Å². The van der Waals surface area contributed by atoms with Gasteiger partial charge in [-0.2, -0.15) is 5.26 Å². The van der Waals surface area contributed by atoms with Crippen molar-refractivity contribution in [3.63, 3.8) is 0 Å². The zero-order valence-electron chi connectivity index (χ0n) is 35.9. The number of oxime groups is 1. The number of aliphatic hydroxyl groups is 2. The number of allylic oxidation sites excluding steroid dienone is 1. The van der Waals surface area contributed by atoms with Crippen LogP contribution in [0.25, 0.3) is 0 Å². The number of carbonyl (C=O) groups excluding carboxylic acids is 2. The Hall–Kier alpha value is -6.46. The molecule has 13 heteroatoms. The molecule has 0 aromatic heterocycles. The minimum Gasteiger partial charge on any atom is -0.459 e. The molecule has 2 aliphatic heterocycles. The molecule has 4 aromatic rings. The van der Waals surface area contributed by atoms with Gasteiger partial charge in [0.1, 0.15) is 36.7 Å². The number of benzene rings is 4. The molecule has 0 unspecified atom stereocenters. The maximum absolute atomic E-state index is 15.3. The van der Waals surface area contributed by atoms with Crippen molar-refractivity contribution in [2.45, 2.75) is 69.2 Å². The van der Waals surface area contributed by atoms with Crippen LogP contribution < -0.4 is 18.9 Å². The highest BCUT2D eigenvalue weighted by Crippen LogP contribution is 2.62. The molecule has 8 rings (SSSR count). The first-order valence-electron chi connectivity index (χ1n) is 21.9. The van der Waals surface area contributed by atoms with Crippen LogP contribution in [0.4, 0.5) is 0 Å². The minimum absolute atomic E-state index is 0.0129. The van der Waals surface area contributed by atoms with Gasteiger partial charge in [-0.1, -0.05) is 48.3 Å². The first kappa shape index (κ1) is 44.2. The van der Waals surface area contributed by atoms with E-state index in [2.05, 4.69) is 18.7 Å². The van der Waals surface area contributed by atoms with E-state index in [9.17, 15) is 20.3 Å². The van der Waals surface area contributed by atoms with Crippen LogP contribution in [0, 0.1) is 29.1 Å². The van der Waals surface area contributed by atoms with Crippen molar-refractivity contribution in [1.82, 2.24) is 4.90 Å². The van der Waals surface area contributed by atoms with E-state index in [-0.39, 0.29) is 63.2 Å². The SMILES string of the molecule is C=CCO[C@@]12Oc3ccc(Oc4cccc(C=O)c4)cc3[C@H]3[C@H](CCCCO)[C@@H](CCCCO)C=C(C(=NOC)C[C@@H]1N(Cc1ccc4c(c1)OCO4)C(=O)c1ccc(C#N)cc1)[C@H]32. The monoisotopic (exact) mass is 867 g/mol. The third-order valence-corrected chi connectivity index (χ3v) is 12.8. The smallest absolute Gasteiger partial charge is 0.254 e. The lowest BCUT2D eigenvalue weighted by atomic mass is 9.55. The molecular weight excluding hydrogens is 815 g/mol. The highest BCUT2D eigenvalue weighted by molar-refractivity contribution is 6.03. The molecule has 2 heterocycles. The molecule has 2 N–H and O–H groups in total. The Morgan fingerprint density at radius 3 is 2.47 bits per heavy atom. The van der Waals surface area contributed by atoms with Gasteiger partial charge < -0.3 is 43.6 Å². The second kappa shape index (κ2) is 19.9. The molecule has 64 heavy (non-hydrogen) atoms. The molecule has 13 nitrogen and oxygen atoms in total. The number of nitrogens with zero attached hydrogens (tertiary/aromatic N) is 3. The Bertz CT molecular complexity index is 2440. The van der Waals surface area contributed by atoms with E-state index < -0.39 is 17.7 Å². The molecule has 2 aliphatic carbocycles. The Kier molecular flexibility index (Phi) is 13.8. The fourth-order valence-electron chi connectivity index (χ4n) is 10.0. The van der Waals surface area contributed by atoms with Crippen LogP contribution in [0.15, 0.2) is 114 Å². The average Bonchev–Trinajstić information content (AvgIpc) is 3.80. The zero-order valence-corrected chi connectivity index (χ0v) is 35.9. The van der Waals surface area contributed by atoms with Gasteiger partial charge >= 0.3 is 0 Å². The summed E-state index contributed by atoms with van der Waals surface area (Å²) in [7, 11) is 1.51. The number of aldehydes is 1. The van der Waals surface area contributed by atoms with E-state index in [1.807, 2.05) is 36.4 Å². The second-order valence-corrected chi connectivity index (χ2v) is 16.6. The van der Waals surface area contributed by atoms with Gasteiger partial charge in [-0.25, -0.2) is 0 Å². The topological polar surface area (TPSA) is 169 Å². The molecule has 6 atom stereocenters. The summed E-state index contributed by atoms with van der Waals surface area (Å²) in [6.07, 6.45) is 9.29. The van der Waals surface area contributed by atoms with Crippen molar-refractivity contribution >= 4 is 17.9 Å². The first-order chi connectivity index (χ1) is 31.3. The van der Waals surface area contributed by atoms with Gasteiger partial charge in [0.15, 0.2) is 11.5 Å². The predicted molar refractivity (Wildman–Crippen MR) is 237 cm³/mol. The molecular formula is C51H53N3O10. The zero-order chi connectivity index (χ0) is 44.6. The second-order valence-electron chi connectivity index (χ2n) is 16.6. The standard InChI is InChI=1S/C51H53N3O10/c1-3-23-62-51-47(54(50(58)36-16-13-33(29-52)14-17-36)30-34-15-19-45-46(25-34)61-32-60-45)28-43(53-59-2)41-26-37(10-4-6-21-55)40(12-5-7-22-56)48(49(41)51)42-27-39(18-20-44(42)64-51)63-38-11-8-9-35(24-38)31-57/h3,8-9,11,13-20,24-27,31,37,40,47-49,55-56H,1,4-7,10,12,21-23,28,30,32H2,2H3/t37-,40+,47-,48+,49+,51+/m0/s1. The van der Waals surface area contributed by atoms with Crippen molar-refractivity contribution < 1.29 is 48.3 Å². The number of rotatable bonds is 19. The van der Waals surface area contributed by atoms with Crippen molar-refractivity contribution in [3.05, 3.63) is 137 Å². The van der Waals surface area contributed by atoms with E-state index in [1.165, 1.54) is 7.11 Å². The summed E-state index contributed by atoms with van der Waals surface area (Å²) in [6, 6.07) is 26.2. The summed E-state index contributed by atoms with van der Waals surface area (Å²) in [5.74, 6) is 0.127. The van der Waals surface area contributed by atoms with Crippen molar-refractivity contribution in [2.24, 2.45) is 22.9 Å². The van der Waals surface area contributed by atoms with Gasteiger partial charge in [0.2, 0.25) is 12.6 Å². The number of carbonyl (C=O) groups is 2. The van der Waals surface area contributed by atoms with Crippen molar-refractivity contribution in [1.29, 1.82) is 5.26 Å². The average molecular weight is 868 g/mol. The van der Waals surface area contributed by atoms with Crippen LogP contribution in [-0.2, 0) is 16.1 Å². The van der Waals surface area contributed by atoms with Gasteiger partial charge in [-0.15, -0.1) is 6.58 Å². The van der Waals surface area contributed by atoms with Crippen LogP contribution in [0.5, 0.6) is 28.7 Å². The number of ether oxygens (including phenoxy) is 5. The number of unbranched alkanes of at least 4 members (excludes halogenated alkanes) is 2. The van der Waals surface area contributed by atoms with E-state index in [1.54, 1.807) is 59.5 Å². The summed E-state index contributed by atoms with van der Waals surface area (Å²) in [5, 5.41) is 34.2. The third-order valence-electron chi connectivity index (χ3n) is 12.8. The quantitative estimate of drug-likeness (QED) is 0.0401. The van der Waals surface area contributed by atoms with E-state index >= 15 is 4.79 Å². The number of nitriles is 1. The van der Waals surface area contributed by atoms with Gasteiger partial charge in [0, 0.05) is 48.8 Å². The molecule has 0 radical (unpaired) electrons. The summed E-state index contributed by atoms with van der Waals surface area (Å²) in [4.78, 5) is 34.4. The molecule has 4 aromatic carbocycles. The Morgan fingerprint density at radius 1 is 0.953 bits per heavy atom.